The number of halogens is 1. The monoisotopic (exact) mass is 388 g/mol. The van der Waals surface area contributed by atoms with E-state index in [4.69, 9.17) is 16.3 Å². The summed E-state index contributed by atoms with van der Waals surface area (Å²) in [5.41, 5.74) is 1.60. The number of hydrogen-bond donors (Lipinski definition) is 1. The lowest BCUT2D eigenvalue weighted by atomic mass is 9.93. The third kappa shape index (κ3) is 3.86. The van der Waals surface area contributed by atoms with Crippen LogP contribution in [0.2, 0.25) is 5.02 Å². The summed E-state index contributed by atoms with van der Waals surface area (Å²) in [6.07, 6.45) is 7.79. The molecule has 146 valence electrons. The summed E-state index contributed by atoms with van der Waals surface area (Å²) in [6.45, 7) is 7.06. The fourth-order valence-corrected chi connectivity index (χ4v) is 4.74. The maximum Gasteiger partial charge on any atom is 0.122 e. The summed E-state index contributed by atoms with van der Waals surface area (Å²) in [5.74, 6) is 1.99. The highest BCUT2D eigenvalue weighted by Gasteiger charge is 2.56. The molecule has 5 nitrogen and oxygen atoms in total. The predicted octanol–water partition coefficient (Wildman–Crippen LogP) is 3.71. The number of methoxy groups -OCH3 is 1. The van der Waals surface area contributed by atoms with Gasteiger partial charge < -0.3 is 14.6 Å². The SMILES string of the molecule is CCn1ccnc1CN(Cc1cc(OC)ccc1Cl)C1CC12CCNCC2. The topological polar surface area (TPSA) is 42.3 Å². The number of benzene rings is 1. The zero-order valence-corrected chi connectivity index (χ0v) is 17.0. The van der Waals surface area contributed by atoms with Crippen molar-refractivity contribution in [1.29, 1.82) is 0 Å². The molecule has 1 unspecified atom stereocenters. The third-order valence-electron chi connectivity index (χ3n) is 6.30. The number of imidazole rings is 1. The van der Waals surface area contributed by atoms with Gasteiger partial charge in [0.1, 0.15) is 11.6 Å². The number of aryl methyl sites for hydroxylation is 1. The lowest BCUT2D eigenvalue weighted by Gasteiger charge is -2.30. The van der Waals surface area contributed by atoms with E-state index in [9.17, 15) is 0 Å². The molecular formula is C21H29ClN4O. The van der Waals surface area contributed by atoms with Crippen molar-refractivity contribution in [3.8, 4) is 5.75 Å². The van der Waals surface area contributed by atoms with Crippen LogP contribution in [0.15, 0.2) is 30.6 Å². The van der Waals surface area contributed by atoms with Crippen LogP contribution in [0.1, 0.15) is 37.6 Å². The summed E-state index contributed by atoms with van der Waals surface area (Å²) in [6, 6.07) is 6.53. The van der Waals surface area contributed by atoms with E-state index in [1.165, 1.54) is 19.3 Å². The van der Waals surface area contributed by atoms with Gasteiger partial charge in [-0.15, -0.1) is 0 Å². The van der Waals surface area contributed by atoms with Crippen LogP contribution < -0.4 is 10.1 Å². The lowest BCUT2D eigenvalue weighted by Crippen LogP contribution is -2.36. The van der Waals surface area contributed by atoms with Crippen molar-refractivity contribution < 1.29 is 4.74 Å². The number of aromatic nitrogens is 2. The Kier molecular flexibility index (Phi) is 5.44. The van der Waals surface area contributed by atoms with Crippen LogP contribution in [0.4, 0.5) is 0 Å². The van der Waals surface area contributed by atoms with Crippen LogP contribution in [0.25, 0.3) is 0 Å². The number of nitrogens with zero attached hydrogens (tertiary/aromatic N) is 3. The molecule has 0 bridgehead atoms. The number of rotatable bonds is 7. The number of hydrogen-bond acceptors (Lipinski definition) is 4. The molecule has 4 rings (SSSR count). The van der Waals surface area contributed by atoms with E-state index in [-0.39, 0.29) is 0 Å². The molecule has 1 aromatic heterocycles. The van der Waals surface area contributed by atoms with Gasteiger partial charge in [0.15, 0.2) is 0 Å². The highest BCUT2D eigenvalue weighted by atomic mass is 35.5. The smallest absolute Gasteiger partial charge is 0.122 e. The Hall–Kier alpha value is -1.56. The maximum absolute atomic E-state index is 6.53. The molecule has 0 amide bonds. The average Bonchev–Trinajstić information content (AvgIpc) is 3.18. The van der Waals surface area contributed by atoms with E-state index < -0.39 is 0 Å². The standard InChI is InChI=1S/C21H29ClN4O/c1-3-25-11-10-24-20(25)15-26(19-13-21(19)6-8-23-9-7-21)14-16-12-17(27-2)4-5-18(16)22/h4-5,10-12,19,23H,3,6-9,13-15H2,1-2H3. The lowest BCUT2D eigenvalue weighted by molar-refractivity contribution is 0.182. The van der Waals surface area contributed by atoms with E-state index in [1.54, 1.807) is 7.11 Å². The Morgan fingerprint density at radius 1 is 1.33 bits per heavy atom. The molecule has 2 fully saturated rings. The largest absolute Gasteiger partial charge is 0.497 e. The van der Waals surface area contributed by atoms with Gasteiger partial charge in [0.25, 0.3) is 0 Å². The highest BCUT2D eigenvalue weighted by Crippen LogP contribution is 2.56. The molecule has 1 aliphatic heterocycles. The second-order valence-electron chi connectivity index (χ2n) is 7.82. The van der Waals surface area contributed by atoms with Crippen LogP contribution in [0, 0.1) is 5.41 Å². The minimum Gasteiger partial charge on any atom is -0.497 e. The molecule has 1 aliphatic carbocycles. The quantitative estimate of drug-likeness (QED) is 0.785. The highest BCUT2D eigenvalue weighted by molar-refractivity contribution is 6.31. The molecule has 2 aliphatic rings. The number of ether oxygens (including phenoxy) is 1. The van der Waals surface area contributed by atoms with Gasteiger partial charge in [-0.2, -0.15) is 0 Å². The summed E-state index contributed by atoms with van der Waals surface area (Å²) < 4.78 is 7.65. The van der Waals surface area contributed by atoms with Gasteiger partial charge in [-0.05, 0) is 68.5 Å². The Balaban J connectivity index is 1.58. The van der Waals surface area contributed by atoms with Crippen molar-refractivity contribution in [1.82, 2.24) is 19.8 Å². The van der Waals surface area contributed by atoms with Crippen LogP contribution >= 0.6 is 11.6 Å². The molecule has 6 heteroatoms. The van der Waals surface area contributed by atoms with Gasteiger partial charge in [0.05, 0.1) is 13.7 Å². The molecular weight excluding hydrogens is 360 g/mol. The van der Waals surface area contributed by atoms with Gasteiger partial charge in [0.2, 0.25) is 0 Å². The van der Waals surface area contributed by atoms with Crippen LogP contribution in [-0.2, 0) is 19.6 Å². The predicted molar refractivity (Wildman–Crippen MR) is 108 cm³/mol. The summed E-state index contributed by atoms with van der Waals surface area (Å²) in [4.78, 5) is 7.20. The van der Waals surface area contributed by atoms with E-state index in [0.29, 0.717) is 11.5 Å². The first-order valence-electron chi connectivity index (χ1n) is 9.92. The molecule has 1 N–H and O–H groups in total. The van der Waals surface area contributed by atoms with Crippen molar-refractivity contribution in [3.63, 3.8) is 0 Å². The zero-order chi connectivity index (χ0) is 18.9. The van der Waals surface area contributed by atoms with Gasteiger partial charge in [-0.1, -0.05) is 11.6 Å². The second kappa shape index (κ2) is 7.82. The van der Waals surface area contributed by atoms with Crippen molar-refractivity contribution in [3.05, 3.63) is 47.0 Å². The van der Waals surface area contributed by atoms with Crippen molar-refractivity contribution >= 4 is 11.6 Å². The van der Waals surface area contributed by atoms with Crippen LogP contribution in [0.5, 0.6) is 5.75 Å². The average molecular weight is 389 g/mol. The van der Waals surface area contributed by atoms with Crippen molar-refractivity contribution in [2.45, 2.75) is 51.9 Å². The second-order valence-corrected chi connectivity index (χ2v) is 8.23. The molecule has 0 radical (unpaired) electrons. The molecule has 1 spiro atoms. The first kappa shape index (κ1) is 18.8. The van der Waals surface area contributed by atoms with E-state index in [0.717, 1.165) is 54.9 Å². The normalized spacial score (nSPS) is 21.0. The van der Waals surface area contributed by atoms with Gasteiger partial charge in [-0.25, -0.2) is 4.98 Å². The summed E-state index contributed by atoms with van der Waals surface area (Å²) in [5, 5.41) is 4.31. The number of piperidine rings is 1. The van der Waals surface area contributed by atoms with Gasteiger partial charge in [-0.3, -0.25) is 4.90 Å². The van der Waals surface area contributed by atoms with Gasteiger partial charge in [0, 0.05) is 36.5 Å². The van der Waals surface area contributed by atoms with E-state index >= 15 is 0 Å². The van der Waals surface area contributed by atoms with E-state index in [2.05, 4.69) is 39.0 Å². The molecule has 1 saturated carbocycles. The minimum atomic E-state index is 0.472. The Bertz CT molecular complexity index is 784. The third-order valence-corrected chi connectivity index (χ3v) is 6.67. The van der Waals surface area contributed by atoms with Crippen LogP contribution in [-0.4, -0.2) is 40.7 Å². The molecule has 27 heavy (non-hydrogen) atoms. The Labute approximate surface area is 166 Å². The fourth-order valence-electron chi connectivity index (χ4n) is 4.56. The van der Waals surface area contributed by atoms with Crippen molar-refractivity contribution in [2.24, 2.45) is 5.41 Å². The first-order valence-corrected chi connectivity index (χ1v) is 10.3. The zero-order valence-electron chi connectivity index (χ0n) is 16.2. The van der Waals surface area contributed by atoms with Crippen molar-refractivity contribution in [2.75, 3.05) is 20.2 Å². The molecule has 1 atom stereocenters. The van der Waals surface area contributed by atoms with Crippen LogP contribution in [0.3, 0.4) is 0 Å². The molecule has 2 aromatic rings. The van der Waals surface area contributed by atoms with Gasteiger partial charge >= 0.3 is 0 Å². The Morgan fingerprint density at radius 2 is 2.15 bits per heavy atom. The minimum absolute atomic E-state index is 0.472. The first-order chi connectivity index (χ1) is 13.1. The number of nitrogens with one attached hydrogen (secondary N) is 1. The molecule has 1 saturated heterocycles. The Morgan fingerprint density at radius 3 is 2.89 bits per heavy atom. The maximum atomic E-state index is 6.53. The molecule has 1 aromatic carbocycles. The van der Waals surface area contributed by atoms with E-state index in [1.807, 2.05) is 18.3 Å². The summed E-state index contributed by atoms with van der Waals surface area (Å²) >= 11 is 6.53. The fraction of sp³-hybridized carbons (Fsp3) is 0.571. The molecule has 2 heterocycles. The summed E-state index contributed by atoms with van der Waals surface area (Å²) in [7, 11) is 1.70.